The minimum atomic E-state index is -1.03. The summed E-state index contributed by atoms with van der Waals surface area (Å²) in [5.74, 6) is -1.40. The molecule has 180 valence electrons. The van der Waals surface area contributed by atoms with Crippen molar-refractivity contribution in [3.63, 3.8) is 0 Å². The van der Waals surface area contributed by atoms with Gasteiger partial charge in [0, 0.05) is 17.7 Å². The molecule has 5 rings (SSSR count). The van der Waals surface area contributed by atoms with Crippen LogP contribution in [-0.4, -0.2) is 33.3 Å². The predicted octanol–water partition coefficient (Wildman–Crippen LogP) is 5.23. The number of nitro benzene ring substituents is 1. The second-order valence-electron chi connectivity index (χ2n) is 7.94. The molecular weight excluding hydrogens is 482 g/mol. The van der Waals surface area contributed by atoms with E-state index in [1.807, 2.05) is 6.92 Å². The Kier molecular flexibility index (Phi) is 5.95. The Morgan fingerprint density at radius 2 is 1.83 bits per heavy atom. The van der Waals surface area contributed by atoms with Crippen LogP contribution in [0.2, 0.25) is 0 Å². The molecule has 0 spiro atoms. The highest BCUT2D eigenvalue weighted by molar-refractivity contribution is 7.22. The minimum absolute atomic E-state index is 0.116. The number of aliphatic hydroxyl groups excluding tert-OH is 1. The monoisotopic (exact) mass is 501 g/mol. The molecule has 2 heterocycles. The van der Waals surface area contributed by atoms with Crippen molar-refractivity contribution in [1.29, 1.82) is 0 Å². The van der Waals surface area contributed by atoms with Crippen molar-refractivity contribution in [1.82, 2.24) is 4.98 Å². The van der Waals surface area contributed by atoms with Crippen LogP contribution in [0, 0.1) is 10.1 Å². The van der Waals surface area contributed by atoms with Gasteiger partial charge in [0.1, 0.15) is 11.5 Å². The van der Waals surface area contributed by atoms with Gasteiger partial charge >= 0.3 is 5.91 Å². The molecular formula is C26H19N3O6S. The number of ether oxygens (including phenoxy) is 1. The topological polar surface area (TPSA) is 123 Å². The lowest BCUT2D eigenvalue weighted by Crippen LogP contribution is -2.29. The van der Waals surface area contributed by atoms with Crippen LogP contribution in [0.15, 0.2) is 78.4 Å². The number of aromatic nitrogens is 1. The molecule has 10 heteroatoms. The highest BCUT2D eigenvalue weighted by Crippen LogP contribution is 2.44. The van der Waals surface area contributed by atoms with Gasteiger partial charge in [0.05, 0.1) is 33.4 Å². The van der Waals surface area contributed by atoms with Crippen LogP contribution in [0.5, 0.6) is 5.75 Å². The smallest absolute Gasteiger partial charge is 0.301 e. The average molecular weight is 502 g/mol. The Hall–Kier alpha value is -4.57. The second kappa shape index (κ2) is 9.23. The van der Waals surface area contributed by atoms with Gasteiger partial charge in [0.25, 0.3) is 11.5 Å². The first kappa shape index (κ1) is 23.2. The molecule has 1 aromatic heterocycles. The zero-order chi connectivity index (χ0) is 25.4. The number of hydrogen-bond acceptors (Lipinski definition) is 8. The van der Waals surface area contributed by atoms with E-state index >= 15 is 0 Å². The Morgan fingerprint density at radius 3 is 2.50 bits per heavy atom. The molecule has 4 aromatic rings. The zero-order valence-corrected chi connectivity index (χ0v) is 19.8. The fraction of sp³-hybridized carbons (Fsp3) is 0.115. The van der Waals surface area contributed by atoms with Crippen molar-refractivity contribution < 1.29 is 24.4 Å². The van der Waals surface area contributed by atoms with Crippen LogP contribution in [0.3, 0.4) is 0 Å². The number of carbonyl (C=O) groups excluding carboxylic acids is 2. The average Bonchev–Trinajstić information content (AvgIpc) is 3.42. The second-order valence-corrected chi connectivity index (χ2v) is 8.95. The lowest BCUT2D eigenvalue weighted by atomic mass is 9.95. The molecule has 0 aliphatic carbocycles. The van der Waals surface area contributed by atoms with Gasteiger partial charge < -0.3 is 9.84 Å². The molecule has 1 amide bonds. The molecule has 1 saturated heterocycles. The van der Waals surface area contributed by atoms with Crippen LogP contribution < -0.4 is 9.64 Å². The normalized spacial score (nSPS) is 17.0. The Bertz CT molecular complexity index is 1530. The van der Waals surface area contributed by atoms with E-state index in [0.717, 1.165) is 4.70 Å². The van der Waals surface area contributed by atoms with Crippen LogP contribution in [0.4, 0.5) is 10.8 Å². The maximum absolute atomic E-state index is 13.3. The molecule has 1 aliphatic rings. The number of ketones is 1. The maximum Gasteiger partial charge on any atom is 0.301 e. The van der Waals surface area contributed by atoms with E-state index in [1.165, 1.54) is 40.5 Å². The number of nitrogens with zero attached hydrogens (tertiary/aromatic N) is 3. The summed E-state index contributed by atoms with van der Waals surface area (Å²) in [6.07, 6.45) is 0. The van der Waals surface area contributed by atoms with Gasteiger partial charge in [-0.1, -0.05) is 41.7 Å². The van der Waals surface area contributed by atoms with E-state index in [1.54, 1.807) is 48.5 Å². The van der Waals surface area contributed by atoms with E-state index in [-0.39, 0.29) is 22.2 Å². The van der Waals surface area contributed by atoms with Crippen molar-refractivity contribution >= 4 is 49.8 Å². The van der Waals surface area contributed by atoms with Crippen molar-refractivity contribution in [3.8, 4) is 5.75 Å². The fourth-order valence-electron chi connectivity index (χ4n) is 4.13. The Morgan fingerprint density at radius 1 is 1.11 bits per heavy atom. The van der Waals surface area contributed by atoms with E-state index in [9.17, 15) is 24.8 Å². The maximum atomic E-state index is 13.3. The lowest BCUT2D eigenvalue weighted by Gasteiger charge is -2.22. The van der Waals surface area contributed by atoms with E-state index < -0.39 is 22.7 Å². The van der Waals surface area contributed by atoms with Gasteiger partial charge in [-0.2, -0.15) is 0 Å². The summed E-state index contributed by atoms with van der Waals surface area (Å²) in [6.45, 7) is 2.37. The zero-order valence-electron chi connectivity index (χ0n) is 19.0. The van der Waals surface area contributed by atoms with Gasteiger partial charge in [0.2, 0.25) is 0 Å². The molecule has 1 N–H and O–H groups in total. The first-order chi connectivity index (χ1) is 17.4. The third-order valence-corrected chi connectivity index (χ3v) is 6.79. The molecule has 1 fully saturated rings. The molecule has 3 aromatic carbocycles. The number of nitro groups is 1. The molecule has 1 aliphatic heterocycles. The number of non-ortho nitro benzene ring substituents is 1. The Balaban J connectivity index is 1.69. The number of benzene rings is 3. The van der Waals surface area contributed by atoms with Crippen molar-refractivity contribution in [2.24, 2.45) is 0 Å². The summed E-state index contributed by atoms with van der Waals surface area (Å²) in [6, 6.07) is 18.3. The van der Waals surface area contributed by atoms with Crippen molar-refractivity contribution in [3.05, 3.63) is 99.6 Å². The van der Waals surface area contributed by atoms with Crippen LogP contribution in [0.1, 0.15) is 24.1 Å². The Labute approximate surface area is 209 Å². The number of anilines is 1. The van der Waals surface area contributed by atoms with E-state index in [0.29, 0.717) is 29.0 Å². The summed E-state index contributed by atoms with van der Waals surface area (Å²) in [5, 5.41) is 22.6. The summed E-state index contributed by atoms with van der Waals surface area (Å²) in [5.41, 5.74) is 1.15. The molecule has 9 nitrogen and oxygen atoms in total. The van der Waals surface area contributed by atoms with Gasteiger partial charge in [-0.3, -0.25) is 24.6 Å². The first-order valence-corrected chi connectivity index (χ1v) is 11.8. The molecule has 0 saturated carbocycles. The number of carbonyl (C=O) groups is 2. The van der Waals surface area contributed by atoms with E-state index in [2.05, 4.69) is 4.98 Å². The highest BCUT2D eigenvalue weighted by Gasteiger charge is 2.48. The van der Waals surface area contributed by atoms with Gasteiger partial charge in [-0.15, -0.1) is 0 Å². The summed E-state index contributed by atoms with van der Waals surface area (Å²) >= 11 is 1.21. The third kappa shape index (κ3) is 3.97. The van der Waals surface area contributed by atoms with Crippen LogP contribution >= 0.6 is 11.3 Å². The summed E-state index contributed by atoms with van der Waals surface area (Å²) in [4.78, 5) is 43.0. The molecule has 36 heavy (non-hydrogen) atoms. The summed E-state index contributed by atoms with van der Waals surface area (Å²) in [7, 11) is 0. The van der Waals surface area contributed by atoms with Gasteiger partial charge in [-0.25, -0.2) is 4.98 Å². The molecule has 0 radical (unpaired) electrons. The number of thiazole rings is 1. The largest absolute Gasteiger partial charge is 0.507 e. The van der Waals surface area contributed by atoms with Crippen LogP contribution in [-0.2, 0) is 9.59 Å². The number of amides is 1. The highest BCUT2D eigenvalue weighted by atomic mass is 32.1. The number of Topliss-reactive ketones (excluding diaryl/α,β-unsaturated/α-hetero) is 1. The fourth-order valence-corrected chi connectivity index (χ4v) is 5.15. The quantitative estimate of drug-likeness (QED) is 0.126. The number of fused-ring (bicyclic) bond motifs is 1. The SMILES string of the molecule is CCOc1ccc2nc(N3C(=O)C(=O)/C(=C(/O)c4ccccc4)C3c3ccc([N+](=O)[O-])cc3)sc2c1. The van der Waals surface area contributed by atoms with Crippen molar-refractivity contribution in [2.75, 3.05) is 11.5 Å². The standard InChI is InChI=1S/C26H19N3O6S/c1-2-35-18-12-13-19-20(14-18)36-26(27-19)28-22(15-8-10-17(11-9-15)29(33)34)21(24(31)25(28)32)23(30)16-6-4-3-5-7-16/h3-14,22,30H,2H2,1H3/b23-21+. The summed E-state index contributed by atoms with van der Waals surface area (Å²) < 4.78 is 6.31. The van der Waals surface area contributed by atoms with E-state index in [4.69, 9.17) is 4.74 Å². The first-order valence-electron chi connectivity index (χ1n) is 11.0. The third-order valence-electron chi connectivity index (χ3n) is 5.78. The number of hydrogen-bond donors (Lipinski definition) is 1. The van der Waals surface area contributed by atoms with Gasteiger partial charge in [0.15, 0.2) is 5.13 Å². The molecule has 1 atom stereocenters. The number of aliphatic hydroxyl groups is 1. The molecule has 0 bridgehead atoms. The number of rotatable bonds is 6. The van der Waals surface area contributed by atoms with Crippen molar-refractivity contribution in [2.45, 2.75) is 13.0 Å². The molecule has 1 unspecified atom stereocenters. The minimum Gasteiger partial charge on any atom is -0.507 e. The van der Waals surface area contributed by atoms with Crippen LogP contribution in [0.25, 0.3) is 16.0 Å². The lowest BCUT2D eigenvalue weighted by molar-refractivity contribution is -0.384. The predicted molar refractivity (Wildman–Crippen MR) is 135 cm³/mol. The van der Waals surface area contributed by atoms with Gasteiger partial charge in [-0.05, 0) is 42.8 Å².